The number of aldehydes is 1. The lowest BCUT2D eigenvalue weighted by atomic mass is 9.95. The van der Waals surface area contributed by atoms with Crippen molar-refractivity contribution in [3.63, 3.8) is 0 Å². The van der Waals surface area contributed by atoms with Gasteiger partial charge in [0.25, 0.3) is 0 Å². The third-order valence-corrected chi connectivity index (χ3v) is 2.95. The van der Waals surface area contributed by atoms with Crippen LogP contribution in [-0.4, -0.2) is 6.29 Å². The Morgan fingerprint density at radius 2 is 2.23 bits per heavy atom. The van der Waals surface area contributed by atoms with Gasteiger partial charge in [0.2, 0.25) is 0 Å². The number of carbonyl (C=O) groups excluding carboxylic acids is 1. The first kappa shape index (κ1) is 10.5. The van der Waals surface area contributed by atoms with Crippen LogP contribution in [-0.2, 0) is 11.2 Å². The molecule has 1 atom stereocenters. The maximum Gasteiger partial charge on any atom is 0.127 e. The molecule has 0 radical (unpaired) electrons. The Balaban J connectivity index is 3.19. The average Bonchev–Trinajstić information content (AvgIpc) is 2.16. The highest BCUT2D eigenvalue weighted by molar-refractivity contribution is 9.10. The van der Waals surface area contributed by atoms with Gasteiger partial charge in [-0.2, -0.15) is 0 Å². The lowest BCUT2D eigenvalue weighted by Gasteiger charge is -2.11. The number of hydrogen-bond donors (Lipinski definition) is 0. The summed E-state index contributed by atoms with van der Waals surface area (Å²) >= 11 is 3.49. The van der Waals surface area contributed by atoms with Gasteiger partial charge in [0, 0.05) is 10.4 Å². The molecule has 2 heteroatoms. The molecular formula is C11H13BrO. The fourth-order valence-electron chi connectivity index (χ4n) is 1.45. The van der Waals surface area contributed by atoms with E-state index in [-0.39, 0.29) is 5.92 Å². The quantitative estimate of drug-likeness (QED) is 0.742. The second kappa shape index (κ2) is 4.56. The van der Waals surface area contributed by atoms with Crippen LogP contribution < -0.4 is 0 Å². The predicted octanol–water partition coefficient (Wildman–Crippen LogP) is 3.31. The fourth-order valence-corrected chi connectivity index (χ4v) is 2.11. The molecule has 0 aliphatic rings. The van der Waals surface area contributed by atoms with E-state index in [9.17, 15) is 4.79 Å². The van der Waals surface area contributed by atoms with Gasteiger partial charge < -0.3 is 4.79 Å². The van der Waals surface area contributed by atoms with Crippen molar-refractivity contribution in [2.45, 2.75) is 26.2 Å². The zero-order chi connectivity index (χ0) is 9.84. The number of carbonyl (C=O) groups is 1. The third kappa shape index (κ3) is 2.19. The van der Waals surface area contributed by atoms with E-state index in [4.69, 9.17) is 0 Å². The average molecular weight is 241 g/mol. The van der Waals surface area contributed by atoms with Gasteiger partial charge in [-0.15, -0.1) is 0 Å². The minimum atomic E-state index is -0.00699. The van der Waals surface area contributed by atoms with Crippen LogP contribution in [0.25, 0.3) is 0 Å². The number of halogens is 1. The number of hydrogen-bond acceptors (Lipinski definition) is 1. The molecular weight excluding hydrogens is 228 g/mol. The van der Waals surface area contributed by atoms with Crippen LogP contribution >= 0.6 is 15.9 Å². The van der Waals surface area contributed by atoms with Crippen LogP contribution in [0.3, 0.4) is 0 Å². The molecule has 0 heterocycles. The molecule has 1 rings (SSSR count). The summed E-state index contributed by atoms with van der Waals surface area (Å²) in [6.07, 6.45) is 1.94. The first-order valence-corrected chi connectivity index (χ1v) is 5.22. The van der Waals surface area contributed by atoms with E-state index >= 15 is 0 Å². The monoisotopic (exact) mass is 240 g/mol. The van der Waals surface area contributed by atoms with Gasteiger partial charge in [-0.3, -0.25) is 0 Å². The Labute approximate surface area is 87.3 Å². The van der Waals surface area contributed by atoms with Crippen molar-refractivity contribution < 1.29 is 4.79 Å². The highest BCUT2D eigenvalue weighted by Crippen LogP contribution is 2.25. The van der Waals surface area contributed by atoms with Crippen molar-refractivity contribution >= 4 is 22.2 Å². The Hall–Kier alpha value is -0.630. The van der Waals surface area contributed by atoms with Crippen molar-refractivity contribution in [3.05, 3.63) is 33.8 Å². The molecule has 70 valence electrons. The molecule has 0 spiro atoms. The molecule has 13 heavy (non-hydrogen) atoms. The zero-order valence-corrected chi connectivity index (χ0v) is 9.47. The molecule has 0 N–H and O–H groups in total. The van der Waals surface area contributed by atoms with E-state index in [2.05, 4.69) is 22.9 Å². The van der Waals surface area contributed by atoms with E-state index in [1.807, 2.05) is 25.1 Å². The van der Waals surface area contributed by atoms with Crippen molar-refractivity contribution in [1.82, 2.24) is 0 Å². The van der Waals surface area contributed by atoms with E-state index in [1.54, 1.807) is 0 Å². The standard InChI is InChI=1S/C11H13BrO/c1-3-9-10(8(2)7-13)5-4-6-11(9)12/h4-8H,3H2,1-2H3. The van der Waals surface area contributed by atoms with Gasteiger partial charge in [0.15, 0.2) is 0 Å². The summed E-state index contributed by atoms with van der Waals surface area (Å²) in [6.45, 7) is 4.02. The maximum atomic E-state index is 10.7. The van der Waals surface area contributed by atoms with Crippen molar-refractivity contribution in [3.8, 4) is 0 Å². The predicted molar refractivity (Wildman–Crippen MR) is 58.0 cm³/mol. The van der Waals surface area contributed by atoms with Gasteiger partial charge in [-0.25, -0.2) is 0 Å². The zero-order valence-electron chi connectivity index (χ0n) is 7.88. The molecule has 0 aliphatic carbocycles. The summed E-state index contributed by atoms with van der Waals surface area (Å²) in [5, 5.41) is 0. The summed E-state index contributed by atoms with van der Waals surface area (Å²) < 4.78 is 1.10. The van der Waals surface area contributed by atoms with Gasteiger partial charge in [-0.05, 0) is 23.6 Å². The van der Waals surface area contributed by atoms with E-state index in [0.717, 1.165) is 22.7 Å². The lowest BCUT2D eigenvalue weighted by Crippen LogP contribution is -2.00. The normalized spacial score (nSPS) is 12.5. The minimum Gasteiger partial charge on any atom is -0.303 e. The maximum absolute atomic E-state index is 10.7. The summed E-state index contributed by atoms with van der Waals surface area (Å²) in [5.41, 5.74) is 2.37. The first-order valence-electron chi connectivity index (χ1n) is 4.43. The van der Waals surface area contributed by atoms with Crippen LogP contribution in [0.5, 0.6) is 0 Å². The Morgan fingerprint density at radius 1 is 1.54 bits per heavy atom. The van der Waals surface area contributed by atoms with Crippen LogP contribution in [0.1, 0.15) is 30.9 Å². The lowest BCUT2D eigenvalue weighted by molar-refractivity contribution is -0.108. The minimum absolute atomic E-state index is 0.00699. The summed E-state index contributed by atoms with van der Waals surface area (Å²) in [4.78, 5) is 10.7. The number of rotatable bonds is 3. The molecule has 0 bridgehead atoms. The summed E-state index contributed by atoms with van der Waals surface area (Å²) in [6, 6.07) is 6.00. The molecule has 0 amide bonds. The molecule has 1 nitrogen and oxygen atoms in total. The molecule has 1 unspecified atom stereocenters. The molecule has 0 aromatic heterocycles. The highest BCUT2D eigenvalue weighted by atomic mass is 79.9. The first-order chi connectivity index (χ1) is 6.20. The second-order valence-corrected chi connectivity index (χ2v) is 3.94. The van der Waals surface area contributed by atoms with Crippen LogP contribution in [0.15, 0.2) is 22.7 Å². The summed E-state index contributed by atoms with van der Waals surface area (Å²) in [7, 11) is 0. The Kier molecular flexibility index (Phi) is 3.67. The molecule has 0 saturated carbocycles. The highest BCUT2D eigenvalue weighted by Gasteiger charge is 2.10. The van der Waals surface area contributed by atoms with E-state index < -0.39 is 0 Å². The van der Waals surface area contributed by atoms with Crippen LogP contribution in [0.4, 0.5) is 0 Å². The number of benzene rings is 1. The SMILES string of the molecule is CCc1c(Br)cccc1C(C)C=O. The van der Waals surface area contributed by atoms with E-state index in [0.29, 0.717) is 0 Å². The van der Waals surface area contributed by atoms with Gasteiger partial charge in [0.1, 0.15) is 6.29 Å². The fraction of sp³-hybridized carbons (Fsp3) is 0.364. The van der Waals surface area contributed by atoms with E-state index in [1.165, 1.54) is 5.56 Å². The van der Waals surface area contributed by atoms with Gasteiger partial charge in [0.05, 0.1) is 0 Å². The van der Waals surface area contributed by atoms with Crippen molar-refractivity contribution in [2.24, 2.45) is 0 Å². The van der Waals surface area contributed by atoms with Gasteiger partial charge in [-0.1, -0.05) is 41.9 Å². The molecule has 0 aliphatic heterocycles. The molecule has 0 saturated heterocycles. The van der Waals surface area contributed by atoms with Crippen LogP contribution in [0, 0.1) is 0 Å². The molecule has 0 fully saturated rings. The summed E-state index contributed by atoms with van der Waals surface area (Å²) in [5.74, 6) is -0.00699. The Morgan fingerprint density at radius 3 is 2.77 bits per heavy atom. The van der Waals surface area contributed by atoms with Crippen LogP contribution in [0.2, 0.25) is 0 Å². The Bertz CT molecular complexity index is 307. The molecule has 1 aromatic rings. The third-order valence-electron chi connectivity index (χ3n) is 2.20. The largest absolute Gasteiger partial charge is 0.303 e. The topological polar surface area (TPSA) is 17.1 Å². The second-order valence-electron chi connectivity index (χ2n) is 3.09. The van der Waals surface area contributed by atoms with Crippen molar-refractivity contribution in [2.75, 3.05) is 0 Å². The van der Waals surface area contributed by atoms with Crippen molar-refractivity contribution in [1.29, 1.82) is 0 Å². The smallest absolute Gasteiger partial charge is 0.127 e. The van der Waals surface area contributed by atoms with Gasteiger partial charge >= 0.3 is 0 Å². The molecule has 1 aromatic carbocycles.